The van der Waals surface area contributed by atoms with Crippen molar-refractivity contribution in [1.82, 2.24) is 0 Å². The summed E-state index contributed by atoms with van der Waals surface area (Å²) >= 11 is 4.34. The van der Waals surface area contributed by atoms with E-state index in [1.54, 1.807) is 6.07 Å². The normalized spacial score (nSPS) is 9.90. The molecular weight excluding hydrogens is 354 g/mol. The summed E-state index contributed by atoms with van der Waals surface area (Å²) in [4.78, 5) is 0. The number of hydrogen-bond donors (Lipinski definition) is 1. The minimum atomic E-state index is 0.380. The summed E-state index contributed by atoms with van der Waals surface area (Å²) in [6.45, 7) is 1.97. The van der Waals surface area contributed by atoms with Gasteiger partial charge in [-0.1, -0.05) is 0 Å². The van der Waals surface area contributed by atoms with Gasteiger partial charge in [0.1, 0.15) is 5.75 Å². The summed E-state index contributed by atoms with van der Waals surface area (Å²) in [5.41, 5.74) is 1.10. The van der Waals surface area contributed by atoms with Crippen LogP contribution in [-0.4, -0.2) is 5.11 Å². The Morgan fingerprint density at radius 1 is 1.30 bits per heavy atom. The van der Waals surface area contributed by atoms with Crippen molar-refractivity contribution in [3.63, 3.8) is 0 Å². The molecule has 10 heavy (non-hydrogen) atoms. The molecule has 0 aliphatic heterocycles. The quantitative estimate of drug-likeness (QED) is 0.706. The van der Waals surface area contributed by atoms with Gasteiger partial charge in [0.05, 0.1) is 3.57 Å². The zero-order valence-corrected chi connectivity index (χ0v) is 9.67. The molecule has 1 nitrogen and oxygen atoms in total. The summed E-state index contributed by atoms with van der Waals surface area (Å²) in [6, 6.07) is 3.81. The van der Waals surface area contributed by atoms with Gasteiger partial charge >= 0.3 is 0 Å². The summed E-state index contributed by atoms with van der Waals surface area (Å²) < 4.78 is 2.04. The zero-order valence-electron chi connectivity index (χ0n) is 5.36. The van der Waals surface area contributed by atoms with Crippen LogP contribution >= 0.6 is 45.2 Å². The number of phenolic OH excluding ortho intramolecular Hbond substituents is 1. The maximum atomic E-state index is 9.27. The third-order valence-electron chi connectivity index (χ3n) is 1.15. The average molecular weight is 360 g/mol. The van der Waals surface area contributed by atoms with Gasteiger partial charge in [-0.25, -0.2) is 0 Å². The van der Waals surface area contributed by atoms with Gasteiger partial charge in [0, 0.05) is 3.57 Å². The van der Waals surface area contributed by atoms with Crippen molar-refractivity contribution < 1.29 is 5.11 Å². The maximum absolute atomic E-state index is 9.27. The molecule has 0 radical (unpaired) electrons. The number of aryl methyl sites for hydroxylation is 1. The van der Waals surface area contributed by atoms with Crippen molar-refractivity contribution in [3.8, 4) is 5.75 Å². The molecule has 0 amide bonds. The fourth-order valence-corrected chi connectivity index (χ4v) is 1.79. The lowest BCUT2D eigenvalue weighted by Gasteiger charge is -2.00. The Labute approximate surface area is 87.1 Å². The number of aromatic hydroxyl groups is 1. The first-order valence-electron chi connectivity index (χ1n) is 2.76. The Balaban J connectivity index is 3.31. The predicted octanol–water partition coefficient (Wildman–Crippen LogP) is 2.91. The van der Waals surface area contributed by atoms with Crippen LogP contribution in [0.1, 0.15) is 5.56 Å². The van der Waals surface area contributed by atoms with Crippen LogP contribution < -0.4 is 0 Å². The molecule has 0 spiro atoms. The standard InChI is InChI=1S/C7H6I2O/c1-4-2-5(8)7(9)6(10)3-4/h2-3,10H,1H3. The number of phenols is 1. The summed E-state index contributed by atoms with van der Waals surface area (Å²) in [5.74, 6) is 0.380. The van der Waals surface area contributed by atoms with Crippen LogP contribution in [0.4, 0.5) is 0 Å². The highest BCUT2D eigenvalue weighted by atomic mass is 127. The Kier molecular flexibility index (Phi) is 2.79. The van der Waals surface area contributed by atoms with E-state index in [0.29, 0.717) is 5.75 Å². The molecule has 1 N–H and O–H groups in total. The van der Waals surface area contributed by atoms with Crippen molar-refractivity contribution in [2.45, 2.75) is 6.92 Å². The SMILES string of the molecule is Cc1cc(O)c(I)c(I)c1. The molecule has 0 saturated heterocycles. The van der Waals surface area contributed by atoms with Crippen molar-refractivity contribution in [2.75, 3.05) is 0 Å². The van der Waals surface area contributed by atoms with E-state index in [4.69, 9.17) is 0 Å². The Bertz CT molecular complexity index is 235. The molecule has 0 aliphatic rings. The predicted molar refractivity (Wildman–Crippen MR) is 58.3 cm³/mol. The second kappa shape index (κ2) is 3.25. The highest BCUT2D eigenvalue weighted by Crippen LogP contribution is 2.25. The molecule has 3 heteroatoms. The van der Waals surface area contributed by atoms with Crippen molar-refractivity contribution in [2.24, 2.45) is 0 Å². The van der Waals surface area contributed by atoms with E-state index in [2.05, 4.69) is 45.2 Å². The molecule has 0 unspecified atom stereocenters. The second-order valence-corrected chi connectivity index (χ2v) is 4.32. The topological polar surface area (TPSA) is 20.2 Å². The average Bonchev–Trinajstić information content (AvgIpc) is 1.82. The van der Waals surface area contributed by atoms with Crippen LogP contribution in [0.2, 0.25) is 0 Å². The van der Waals surface area contributed by atoms with Crippen LogP contribution in [0.5, 0.6) is 5.75 Å². The minimum Gasteiger partial charge on any atom is -0.507 e. The van der Waals surface area contributed by atoms with Gasteiger partial charge in [0.25, 0.3) is 0 Å². The fourth-order valence-electron chi connectivity index (χ4n) is 0.706. The molecule has 1 aromatic carbocycles. The smallest absolute Gasteiger partial charge is 0.130 e. The van der Waals surface area contributed by atoms with Gasteiger partial charge in [-0.2, -0.15) is 0 Å². The van der Waals surface area contributed by atoms with E-state index >= 15 is 0 Å². The van der Waals surface area contributed by atoms with Crippen molar-refractivity contribution >= 4 is 45.2 Å². The highest BCUT2D eigenvalue weighted by molar-refractivity contribution is 14.1. The van der Waals surface area contributed by atoms with E-state index in [0.717, 1.165) is 12.7 Å². The fraction of sp³-hybridized carbons (Fsp3) is 0.143. The number of benzene rings is 1. The lowest BCUT2D eigenvalue weighted by atomic mass is 10.2. The van der Waals surface area contributed by atoms with Crippen LogP contribution in [0.15, 0.2) is 12.1 Å². The van der Waals surface area contributed by atoms with Crippen molar-refractivity contribution in [1.29, 1.82) is 0 Å². The molecule has 54 valence electrons. The Morgan fingerprint density at radius 3 is 2.40 bits per heavy atom. The van der Waals surface area contributed by atoms with E-state index < -0.39 is 0 Å². The maximum Gasteiger partial charge on any atom is 0.130 e. The van der Waals surface area contributed by atoms with E-state index in [-0.39, 0.29) is 0 Å². The Morgan fingerprint density at radius 2 is 1.90 bits per heavy atom. The van der Waals surface area contributed by atoms with Gasteiger partial charge in [0.2, 0.25) is 0 Å². The first-order chi connectivity index (χ1) is 4.61. The minimum absolute atomic E-state index is 0.380. The van der Waals surface area contributed by atoms with Gasteiger partial charge in [0.15, 0.2) is 0 Å². The third-order valence-corrected chi connectivity index (χ3v) is 4.17. The first kappa shape index (κ1) is 8.58. The first-order valence-corrected chi connectivity index (χ1v) is 4.91. The van der Waals surface area contributed by atoms with Gasteiger partial charge < -0.3 is 5.11 Å². The molecule has 0 bridgehead atoms. The van der Waals surface area contributed by atoms with Crippen LogP contribution in [-0.2, 0) is 0 Å². The van der Waals surface area contributed by atoms with Crippen LogP contribution in [0.25, 0.3) is 0 Å². The highest BCUT2D eigenvalue weighted by Gasteiger charge is 2.01. The molecular formula is C7H6I2O. The molecule has 1 rings (SSSR count). The number of halogens is 2. The Hall–Kier alpha value is 0.480. The largest absolute Gasteiger partial charge is 0.507 e. The van der Waals surface area contributed by atoms with Crippen molar-refractivity contribution in [3.05, 3.63) is 24.8 Å². The molecule has 0 fully saturated rings. The third kappa shape index (κ3) is 1.75. The molecule has 0 saturated carbocycles. The molecule has 0 aromatic heterocycles. The monoisotopic (exact) mass is 360 g/mol. The summed E-state index contributed by atoms with van der Waals surface area (Å²) in [5, 5.41) is 9.27. The number of rotatable bonds is 0. The van der Waals surface area contributed by atoms with Gasteiger partial charge in [-0.05, 0) is 69.8 Å². The lowest BCUT2D eigenvalue weighted by molar-refractivity contribution is 0.470. The summed E-state index contributed by atoms with van der Waals surface area (Å²) in [7, 11) is 0. The van der Waals surface area contributed by atoms with Gasteiger partial charge in [-0.15, -0.1) is 0 Å². The molecule has 0 aliphatic carbocycles. The zero-order chi connectivity index (χ0) is 7.72. The molecule has 1 aromatic rings. The lowest BCUT2D eigenvalue weighted by Crippen LogP contribution is -1.82. The van der Waals surface area contributed by atoms with Crippen LogP contribution in [0.3, 0.4) is 0 Å². The van der Waals surface area contributed by atoms with Gasteiger partial charge in [-0.3, -0.25) is 0 Å². The second-order valence-electron chi connectivity index (χ2n) is 2.08. The van der Waals surface area contributed by atoms with E-state index in [1.165, 1.54) is 0 Å². The molecule has 0 heterocycles. The van der Waals surface area contributed by atoms with Crippen LogP contribution in [0, 0.1) is 14.1 Å². The number of hydrogen-bond acceptors (Lipinski definition) is 1. The molecule has 0 atom stereocenters. The van der Waals surface area contributed by atoms with E-state index in [9.17, 15) is 5.11 Å². The van der Waals surface area contributed by atoms with E-state index in [1.807, 2.05) is 13.0 Å². The summed E-state index contributed by atoms with van der Waals surface area (Å²) in [6.07, 6.45) is 0.